The Morgan fingerprint density at radius 1 is 0.593 bits per heavy atom. The van der Waals surface area contributed by atoms with Crippen molar-refractivity contribution in [1.29, 1.82) is 0 Å². The number of nitrogens with zero attached hydrogens (tertiary/aromatic N) is 1. The lowest BCUT2D eigenvalue weighted by Gasteiger charge is -2.31. The number of ether oxygens (including phenoxy) is 3. The molecule has 0 aromatic heterocycles. The minimum absolute atomic E-state index is 0.0228. The summed E-state index contributed by atoms with van der Waals surface area (Å²) in [5.41, 5.74) is 0. The van der Waals surface area contributed by atoms with Gasteiger partial charge in [0.1, 0.15) is 6.61 Å². The zero-order valence-electron chi connectivity index (χ0n) is 34.6. The molecule has 0 aliphatic carbocycles. The van der Waals surface area contributed by atoms with Crippen molar-refractivity contribution in [1.82, 2.24) is 0 Å². The molecular weight excluding hydrogens is 679 g/mol. The predicted molar refractivity (Wildman–Crippen MR) is 224 cm³/mol. The van der Waals surface area contributed by atoms with Crippen LogP contribution in [0.2, 0.25) is 0 Å². The Hall–Kier alpha value is -3.49. The van der Waals surface area contributed by atoms with Crippen molar-refractivity contribution in [3.63, 3.8) is 0 Å². The summed E-state index contributed by atoms with van der Waals surface area (Å²) < 4.78 is 17.1. The van der Waals surface area contributed by atoms with Crippen LogP contribution in [0.3, 0.4) is 0 Å². The number of unbranched alkanes of at least 4 members (excludes halogenated alkanes) is 10. The van der Waals surface area contributed by atoms with Gasteiger partial charge >= 0.3 is 17.9 Å². The van der Waals surface area contributed by atoms with E-state index >= 15 is 0 Å². The number of allylic oxidation sites excluding steroid dienone is 14. The van der Waals surface area contributed by atoms with Crippen molar-refractivity contribution >= 4 is 17.9 Å². The maximum absolute atomic E-state index is 12.7. The molecule has 0 aromatic carbocycles. The van der Waals surface area contributed by atoms with E-state index in [2.05, 4.69) is 62.5 Å². The Labute approximate surface area is 329 Å². The number of hydrogen-bond donors (Lipinski definition) is 1. The Kier molecular flexibility index (Phi) is 34.1. The molecule has 8 heteroatoms. The van der Waals surface area contributed by atoms with E-state index in [0.29, 0.717) is 19.3 Å². The van der Waals surface area contributed by atoms with Crippen molar-refractivity contribution in [3.05, 3.63) is 85.1 Å². The van der Waals surface area contributed by atoms with E-state index in [1.807, 2.05) is 57.6 Å². The first-order valence-electron chi connectivity index (χ1n) is 20.7. The van der Waals surface area contributed by atoms with Gasteiger partial charge in [-0.25, -0.2) is 4.79 Å². The molecule has 0 rings (SSSR count). The highest BCUT2D eigenvalue weighted by molar-refractivity contribution is 5.72. The Bertz CT molecular complexity index is 1160. The highest BCUT2D eigenvalue weighted by Crippen LogP contribution is 2.11. The molecule has 2 atom stereocenters. The molecule has 0 spiro atoms. The molecule has 0 radical (unpaired) electrons. The minimum atomic E-state index is -0.893. The molecule has 0 amide bonds. The zero-order valence-corrected chi connectivity index (χ0v) is 34.6. The van der Waals surface area contributed by atoms with E-state index in [0.717, 1.165) is 51.4 Å². The molecule has 2 unspecified atom stereocenters. The van der Waals surface area contributed by atoms with Crippen molar-refractivity contribution in [3.8, 4) is 0 Å². The summed E-state index contributed by atoms with van der Waals surface area (Å²) in [6.07, 6.45) is 46.4. The number of carboxylic acid groups (broad SMARTS) is 1. The molecule has 0 aliphatic heterocycles. The second-order valence-electron chi connectivity index (χ2n) is 14.6. The summed E-state index contributed by atoms with van der Waals surface area (Å²) >= 11 is 0. The maximum Gasteiger partial charge on any atom is 0.362 e. The van der Waals surface area contributed by atoms with Crippen LogP contribution in [0.15, 0.2) is 85.1 Å². The van der Waals surface area contributed by atoms with E-state index in [4.69, 9.17) is 14.2 Å². The second-order valence-corrected chi connectivity index (χ2v) is 14.6. The first-order valence-corrected chi connectivity index (χ1v) is 20.7. The van der Waals surface area contributed by atoms with Crippen molar-refractivity contribution in [2.24, 2.45) is 0 Å². The number of aliphatic carboxylic acids is 1. The number of carboxylic acids is 1. The van der Waals surface area contributed by atoms with Crippen LogP contribution in [0, 0.1) is 0 Å². The summed E-state index contributed by atoms with van der Waals surface area (Å²) in [6.45, 7) is 4.46. The zero-order chi connectivity index (χ0) is 40.0. The van der Waals surface area contributed by atoms with Crippen LogP contribution >= 0.6 is 0 Å². The molecule has 0 saturated carbocycles. The highest BCUT2D eigenvalue weighted by Gasteiger charge is 2.31. The van der Waals surface area contributed by atoms with Crippen molar-refractivity contribution in [2.45, 2.75) is 148 Å². The lowest BCUT2D eigenvalue weighted by Crippen LogP contribution is -2.50. The van der Waals surface area contributed by atoms with Crippen LogP contribution in [0.4, 0.5) is 0 Å². The number of esters is 2. The minimum Gasteiger partial charge on any atom is -0.477 e. The Balaban J connectivity index is 4.55. The quantitative estimate of drug-likeness (QED) is 0.0226. The molecule has 0 aromatic rings. The van der Waals surface area contributed by atoms with E-state index in [9.17, 15) is 19.5 Å². The van der Waals surface area contributed by atoms with Crippen LogP contribution in [0.5, 0.6) is 0 Å². The normalized spacial score (nSPS) is 13.9. The number of rotatable bonds is 35. The first kappa shape index (κ1) is 50.5. The standard InChI is InChI=1S/C46H75NO7/c1-6-8-10-12-14-16-18-20-21-22-23-25-27-29-31-33-35-37-45(49)54-42(40-52-39-38-43(46(50)51)47(3,4)5)41-53-44(48)36-34-32-30-28-26-24-19-17-15-13-11-9-7-2/h9,11,13,15,17,19-21,23-26,29,31,42-43H,6-8,10,12,14,16,18,22,27-28,30,32-41H2,1-5H3/p+1/b11-9+,15-13+,19-17+,21-20+,25-23+,26-24+,31-29+. The van der Waals surface area contributed by atoms with Crippen molar-refractivity contribution < 1.29 is 38.2 Å². The molecule has 0 bridgehead atoms. The fraction of sp³-hybridized carbons (Fsp3) is 0.630. The lowest BCUT2D eigenvalue weighted by atomic mass is 10.1. The van der Waals surface area contributed by atoms with Gasteiger partial charge in [-0.05, 0) is 64.2 Å². The van der Waals surface area contributed by atoms with Crippen LogP contribution in [-0.2, 0) is 28.6 Å². The molecule has 0 aliphatic rings. The van der Waals surface area contributed by atoms with Gasteiger partial charge in [0.25, 0.3) is 0 Å². The topological polar surface area (TPSA) is 99.1 Å². The van der Waals surface area contributed by atoms with Crippen LogP contribution in [0.1, 0.15) is 136 Å². The summed E-state index contributed by atoms with van der Waals surface area (Å²) in [5, 5.41) is 9.60. The molecule has 54 heavy (non-hydrogen) atoms. The molecule has 306 valence electrons. The van der Waals surface area contributed by atoms with Gasteiger partial charge in [0.15, 0.2) is 12.1 Å². The van der Waals surface area contributed by atoms with Gasteiger partial charge in [-0.1, -0.05) is 137 Å². The molecule has 1 N–H and O–H groups in total. The van der Waals surface area contributed by atoms with Gasteiger partial charge in [-0.3, -0.25) is 9.59 Å². The Morgan fingerprint density at radius 2 is 1.13 bits per heavy atom. The van der Waals surface area contributed by atoms with Crippen LogP contribution < -0.4 is 0 Å². The fourth-order valence-electron chi connectivity index (χ4n) is 5.41. The van der Waals surface area contributed by atoms with E-state index in [1.165, 1.54) is 44.9 Å². The predicted octanol–water partition coefficient (Wildman–Crippen LogP) is 11.0. The first-order chi connectivity index (χ1) is 26.1. The molecule has 0 saturated heterocycles. The van der Waals surface area contributed by atoms with Gasteiger partial charge in [0, 0.05) is 19.3 Å². The number of quaternary nitrogens is 1. The van der Waals surface area contributed by atoms with Gasteiger partial charge < -0.3 is 23.8 Å². The molecule has 8 nitrogen and oxygen atoms in total. The van der Waals surface area contributed by atoms with Crippen LogP contribution in [0.25, 0.3) is 0 Å². The molecular formula is C46H76NO7+. The molecule has 0 fully saturated rings. The third-order valence-corrected chi connectivity index (χ3v) is 8.62. The SMILES string of the molecule is CC/C=C/C=C/C=C/C=C/CCCCCC(=O)OCC(COCCC(C(=O)O)[N+](C)(C)C)OC(=O)CCC/C=C/C/C=C/C/C=C/CCCCCCCC. The fourth-order valence-corrected chi connectivity index (χ4v) is 5.41. The van der Waals surface area contributed by atoms with E-state index in [1.54, 1.807) is 0 Å². The third kappa shape index (κ3) is 34.3. The monoisotopic (exact) mass is 755 g/mol. The van der Waals surface area contributed by atoms with Gasteiger partial charge in [-0.2, -0.15) is 0 Å². The summed E-state index contributed by atoms with van der Waals surface area (Å²) in [5.74, 6) is -1.60. The smallest absolute Gasteiger partial charge is 0.362 e. The van der Waals surface area contributed by atoms with Gasteiger partial charge in [0.05, 0.1) is 34.4 Å². The van der Waals surface area contributed by atoms with Crippen molar-refractivity contribution in [2.75, 3.05) is 41.0 Å². The maximum atomic E-state index is 12.7. The summed E-state index contributed by atoms with van der Waals surface area (Å²) in [6, 6.07) is -0.633. The van der Waals surface area contributed by atoms with E-state index in [-0.39, 0.29) is 42.7 Å². The second kappa shape index (κ2) is 36.5. The summed E-state index contributed by atoms with van der Waals surface area (Å²) in [7, 11) is 5.48. The molecule has 0 heterocycles. The number of carbonyl (C=O) groups is 3. The largest absolute Gasteiger partial charge is 0.477 e. The number of carbonyl (C=O) groups excluding carboxylic acids is 2. The average Bonchev–Trinajstić information content (AvgIpc) is 3.12. The Morgan fingerprint density at radius 3 is 1.76 bits per heavy atom. The highest BCUT2D eigenvalue weighted by atomic mass is 16.6. The average molecular weight is 755 g/mol. The third-order valence-electron chi connectivity index (χ3n) is 8.62. The summed E-state index contributed by atoms with van der Waals surface area (Å²) in [4.78, 5) is 36.8. The number of likely N-dealkylation sites (N-methyl/N-ethyl adjacent to an activating group) is 1. The van der Waals surface area contributed by atoms with Gasteiger partial charge in [0.2, 0.25) is 0 Å². The van der Waals surface area contributed by atoms with Gasteiger partial charge in [-0.15, -0.1) is 0 Å². The lowest BCUT2D eigenvalue weighted by molar-refractivity contribution is -0.887. The number of hydrogen-bond acceptors (Lipinski definition) is 6. The van der Waals surface area contributed by atoms with Crippen LogP contribution in [-0.4, -0.2) is 80.6 Å². The van der Waals surface area contributed by atoms with E-state index < -0.39 is 18.1 Å².